The molecule has 0 unspecified atom stereocenters. The molecule has 1 spiro atoms. The molecule has 0 N–H and O–H groups in total. The second-order valence-electron chi connectivity index (χ2n) is 4.79. The van der Waals surface area contributed by atoms with Crippen molar-refractivity contribution in [2.24, 2.45) is 0 Å². The Hall–Kier alpha value is -1.09. The van der Waals surface area contributed by atoms with Gasteiger partial charge in [0, 0.05) is 12.2 Å². The van der Waals surface area contributed by atoms with E-state index in [4.69, 9.17) is 4.74 Å². The Bertz CT molecular complexity index is 370. The lowest BCUT2D eigenvalue weighted by atomic mass is 10.1. The minimum Gasteiger partial charge on any atom is -0.377 e. The molecule has 1 saturated heterocycles. The van der Waals surface area contributed by atoms with Crippen molar-refractivity contribution in [1.82, 2.24) is 4.98 Å². The Morgan fingerprint density at radius 3 is 2.94 bits per heavy atom. The fourth-order valence-corrected chi connectivity index (χ4v) is 2.48. The highest BCUT2D eigenvalue weighted by molar-refractivity contribution is 5.50. The molecule has 2 aliphatic rings. The lowest BCUT2D eigenvalue weighted by Crippen LogP contribution is -2.47. The van der Waals surface area contributed by atoms with Gasteiger partial charge in [-0.1, -0.05) is 6.92 Å². The van der Waals surface area contributed by atoms with E-state index in [-0.39, 0.29) is 0 Å². The summed E-state index contributed by atoms with van der Waals surface area (Å²) >= 11 is 0. The van der Waals surface area contributed by atoms with Gasteiger partial charge >= 0.3 is 0 Å². The van der Waals surface area contributed by atoms with Gasteiger partial charge in [-0.2, -0.15) is 0 Å². The predicted molar refractivity (Wildman–Crippen MR) is 63.7 cm³/mol. The van der Waals surface area contributed by atoms with Gasteiger partial charge in [-0.3, -0.25) is 4.98 Å². The molecule has 16 heavy (non-hydrogen) atoms. The average Bonchev–Trinajstić information content (AvgIpc) is 3.10. The van der Waals surface area contributed by atoms with Crippen molar-refractivity contribution in [3.63, 3.8) is 0 Å². The number of pyridine rings is 1. The van der Waals surface area contributed by atoms with Crippen LogP contribution in [-0.2, 0) is 11.2 Å². The molecule has 1 aromatic heterocycles. The van der Waals surface area contributed by atoms with Crippen molar-refractivity contribution in [1.29, 1.82) is 0 Å². The molecule has 1 aromatic rings. The normalized spacial score (nSPS) is 22.4. The van der Waals surface area contributed by atoms with E-state index < -0.39 is 0 Å². The summed E-state index contributed by atoms with van der Waals surface area (Å²) in [7, 11) is 0. The zero-order valence-corrected chi connectivity index (χ0v) is 9.78. The lowest BCUT2D eigenvalue weighted by Gasteiger charge is -2.37. The number of rotatable bonds is 2. The first-order valence-electron chi connectivity index (χ1n) is 6.14. The van der Waals surface area contributed by atoms with Crippen molar-refractivity contribution in [2.75, 3.05) is 24.7 Å². The molecule has 0 aromatic carbocycles. The Labute approximate surface area is 96.4 Å². The number of hydrogen-bond donors (Lipinski definition) is 0. The molecule has 1 aliphatic heterocycles. The lowest BCUT2D eigenvalue weighted by molar-refractivity contribution is 0.0864. The van der Waals surface area contributed by atoms with Gasteiger partial charge in [0.1, 0.15) is 0 Å². The molecule has 1 saturated carbocycles. The molecule has 2 fully saturated rings. The third-order valence-corrected chi connectivity index (χ3v) is 3.71. The number of aromatic nitrogens is 1. The van der Waals surface area contributed by atoms with Crippen LogP contribution in [0.1, 0.15) is 25.5 Å². The molecule has 1 aliphatic carbocycles. The summed E-state index contributed by atoms with van der Waals surface area (Å²) < 4.78 is 5.58. The highest BCUT2D eigenvalue weighted by Crippen LogP contribution is 2.45. The number of hydrogen-bond acceptors (Lipinski definition) is 3. The smallest absolute Gasteiger partial charge is 0.0699 e. The fraction of sp³-hybridized carbons (Fsp3) is 0.615. The van der Waals surface area contributed by atoms with Gasteiger partial charge in [-0.05, 0) is 31.4 Å². The number of aryl methyl sites for hydroxylation is 1. The van der Waals surface area contributed by atoms with Crippen molar-refractivity contribution in [3.05, 3.63) is 24.0 Å². The monoisotopic (exact) mass is 218 g/mol. The Morgan fingerprint density at radius 1 is 1.44 bits per heavy atom. The SMILES string of the molecule is CCc1ccc(N2CCOCC23CC3)cn1. The van der Waals surface area contributed by atoms with Crippen LogP contribution >= 0.6 is 0 Å². The average molecular weight is 218 g/mol. The maximum Gasteiger partial charge on any atom is 0.0699 e. The van der Waals surface area contributed by atoms with Gasteiger partial charge in [0.2, 0.25) is 0 Å². The standard InChI is InChI=1S/C13H18N2O/c1-2-11-3-4-12(9-14-11)15-7-8-16-10-13(15)5-6-13/h3-4,9H,2,5-8,10H2,1H3. The number of ether oxygens (including phenoxy) is 1. The van der Waals surface area contributed by atoms with Gasteiger partial charge in [0.05, 0.1) is 30.6 Å². The predicted octanol–water partition coefficient (Wildman–Crippen LogP) is 2.01. The second-order valence-corrected chi connectivity index (χ2v) is 4.79. The zero-order chi connectivity index (χ0) is 11.0. The zero-order valence-electron chi connectivity index (χ0n) is 9.78. The number of nitrogens with zero attached hydrogens (tertiary/aromatic N) is 2. The van der Waals surface area contributed by atoms with Crippen LogP contribution in [0.5, 0.6) is 0 Å². The summed E-state index contributed by atoms with van der Waals surface area (Å²) in [4.78, 5) is 6.97. The first kappa shape index (κ1) is 10.1. The molecule has 3 nitrogen and oxygen atoms in total. The largest absolute Gasteiger partial charge is 0.377 e. The molecule has 0 radical (unpaired) electrons. The van der Waals surface area contributed by atoms with Crippen LogP contribution < -0.4 is 4.90 Å². The van der Waals surface area contributed by atoms with Crippen LogP contribution in [0.3, 0.4) is 0 Å². The van der Waals surface area contributed by atoms with E-state index in [1.807, 2.05) is 6.20 Å². The molecule has 2 heterocycles. The molecular formula is C13H18N2O. The Kier molecular flexibility index (Phi) is 2.36. The van der Waals surface area contributed by atoms with Crippen molar-refractivity contribution >= 4 is 5.69 Å². The molecule has 3 heteroatoms. The first-order valence-corrected chi connectivity index (χ1v) is 6.14. The Balaban J connectivity index is 1.84. The quantitative estimate of drug-likeness (QED) is 0.759. The molecule has 0 amide bonds. The van der Waals surface area contributed by atoms with Crippen molar-refractivity contribution in [3.8, 4) is 0 Å². The number of morpholine rings is 1. The van der Waals surface area contributed by atoms with E-state index in [1.165, 1.54) is 24.2 Å². The summed E-state index contributed by atoms with van der Waals surface area (Å²) in [5.74, 6) is 0. The van der Waals surface area contributed by atoms with Gasteiger partial charge in [-0.25, -0.2) is 0 Å². The van der Waals surface area contributed by atoms with Crippen LogP contribution in [0, 0.1) is 0 Å². The topological polar surface area (TPSA) is 25.4 Å². The van der Waals surface area contributed by atoms with Gasteiger partial charge in [-0.15, -0.1) is 0 Å². The molecule has 3 rings (SSSR count). The minimum absolute atomic E-state index is 0.313. The summed E-state index contributed by atoms with van der Waals surface area (Å²) in [6, 6.07) is 4.35. The summed E-state index contributed by atoms with van der Waals surface area (Å²) in [6.07, 6.45) is 5.56. The Morgan fingerprint density at radius 2 is 2.31 bits per heavy atom. The highest BCUT2D eigenvalue weighted by atomic mass is 16.5. The van der Waals surface area contributed by atoms with Crippen LogP contribution in [-0.4, -0.2) is 30.3 Å². The van der Waals surface area contributed by atoms with Crippen LogP contribution in [0.4, 0.5) is 5.69 Å². The van der Waals surface area contributed by atoms with Crippen LogP contribution in [0.2, 0.25) is 0 Å². The summed E-state index contributed by atoms with van der Waals surface area (Å²) in [6.45, 7) is 4.88. The molecule has 0 atom stereocenters. The van der Waals surface area contributed by atoms with Crippen LogP contribution in [0.15, 0.2) is 18.3 Å². The molecular weight excluding hydrogens is 200 g/mol. The summed E-state index contributed by atoms with van der Waals surface area (Å²) in [5, 5.41) is 0. The van der Waals surface area contributed by atoms with E-state index in [9.17, 15) is 0 Å². The molecule has 0 bridgehead atoms. The molecule has 86 valence electrons. The van der Waals surface area contributed by atoms with Gasteiger partial charge in [0.25, 0.3) is 0 Å². The van der Waals surface area contributed by atoms with Crippen molar-refractivity contribution in [2.45, 2.75) is 31.7 Å². The second kappa shape index (κ2) is 3.74. The first-order chi connectivity index (χ1) is 7.84. The van der Waals surface area contributed by atoms with E-state index >= 15 is 0 Å². The van der Waals surface area contributed by atoms with Crippen LogP contribution in [0.25, 0.3) is 0 Å². The maximum absolute atomic E-state index is 5.58. The van der Waals surface area contributed by atoms with E-state index in [0.717, 1.165) is 26.2 Å². The highest BCUT2D eigenvalue weighted by Gasteiger charge is 2.50. The summed E-state index contributed by atoms with van der Waals surface area (Å²) in [5.41, 5.74) is 2.74. The third kappa shape index (κ3) is 1.59. The van der Waals surface area contributed by atoms with Gasteiger partial charge < -0.3 is 9.64 Å². The van der Waals surface area contributed by atoms with E-state index in [1.54, 1.807) is 0 Å². The minimum atomic E-state index is 0.313. The number of anilines is 1. The fourth-order valence-electron chi connectivity index (χ4n) is 2.48. The van der Waals surface area contributed by atoms with Gasteiger partial charge in [0.15, 0.2) is 0 Å². The van der Waals surface area contributed by atoms with E-state index in [2.05, 4.69) is 28.9 Å². The third-order valence-electron chi connectivity index (χ3n) is 3.71. The van der Waals surface area contributed by atoms with E-state index in [0.29, 0.717) is 5.54 Å². The van der Waals surface area contributed by atoms with Crippen molar-refractivity contribution < 1.29 is 4.74 Å². The maximum atomic E-state index is 5.58.